The molecule has 0 amide bonds. The Bertz CT molecular complexity index is 784. The monoisotopic (exact) mass is 260 g/mol. The number of hydrogen-bond acceptors (Lipinski definition) is 4. The van der Waals surface area contributed by atoms with E-state index in [-0.39, 0.29) is 0 Å². The first-order valence-electron chi connectivity index (χ1n) is 6.29. The third-order valence-electron chi connectivity index (χ3n) is 3.06. The maximum Gasteiger partial charge on any atom is 0.137 e. The third kappa shape index (κ3) is 2.43. The highest BCUT2D eigenvalue weighted by molar-refractivity contribution is 5.88. The molecule has 1 N–H and O–H groups in total. The highest BCUT2D eigenvalue weighted by Crippen LogP contribution is 2.19. The fourth-order valence-electron chi connectivity index (χ4n) is 2.08. The zero-order valence-corrected chi connectivity index (χ0v) is 10.7. The molecule has 0 atom stereocenters. The maximum absolute atomic E-state index is 8.90. The van der Waals surface area contributed by atoms with Crippen molar-refractivity contribution in [3.8, 4) is 6.07 Å². The Hall–Kier alpha value is -2.93. The summed E-state index contributed by atoms with van der Waals surface area (Å²) in [5, 5.41) is 13.2. The van der Waals surface area contributed by atoms with E-state index < -0.39 is 0 Å². The molecule has 4 heteroatoms. The van der Waals surface area contributed by atoms with E-state index in [0.29, 0.717) is 12.1 Å². The van der Waals surface area contributed by atoms with E-state index in [4.69, 9.17) is 5.26 Å². The van der Waals surface area contributed by atoms with Gasteiger partial charge in [-0.2, -0.15) is 5.26 Å². The van der Waals surface area contributed by atoms with Crippen molar-refractivity contribution >= 4 is 16.7 Å². The molecule has 0 spiro atoms. The average molecular weight is 260 g/mol. The smallest absolute Gasteiger partial charge is 0.137 e. The van der Waals surface area contributed by atoms with Crippen molar-refractivity contribution in [2.45, 2.75) is 6.54 Å². The van der Waals surface area contributed by atoms with Crippen molar-refractivity contribution in [3.05, 3.63) is 66.0 Å². The first-order chi connectivity index (χ1) is 9.86. The fourth-order valence-corrected chi connectivity index (χ4v) is 2.08. The van der Waals surface area contributed by atoms with Crippen LogP contribution in [-0.2, 0) is 6.54 Å². The maximum atomic E-state index is 8.90. The van der Waals surface area contributed by atoms with E-state index in [1.54, 1.807) is 12.4 Å². The van der Waals surface area contributed by atoms with Gasteiger partial charge in [0.1, 0.15) is 12.1 Å². The number of rotatable bonds is 3. The molecule has 0 aliphatic heterocycles. The number of hydrogen-bond donors (Lipinski definition) is 1. The minimum atomic E-state index is 0.622. The number of benzene rings is 2. The Morgan fingerprint density at radius 2 is 1.95 bits per heavy atom. The van der Waals surface area contributed by atoms with Crippen LogP contribution in [0.5, 0.6) is 0 Å². The lowest BCUT2D eigenvalue weighted by atomic mass is 10.1. The Morgan fingerprint density at radius 3 is 2.85 bits per heavy atom. The molecule has 96 valence electrons. The van der Waals surface area contributed by atoms with Crippen LogP contribution in [-0.4, -0.2) is 9.97 Å². The second-order valence-corrected chi connectivity index (χ2v) is 4.41. The zero-order valence-electron chi connectivity index (χ0n) is 10.7. The molecule has 20 heavy (non-hydrogen) atoms. The lowest BCUT2D eigenvalue weighted by Crippen LogP contribution is -2.02. The van der Waals surface area contributed by atoms with Gasteiger partial charge in [0.25, 0.3) is 0 Å². The Balaban J connectivity index is 1.85. The van der Waals surface area contributed by atoms with E-state index in [1.807, 2.05) is 42.5 Å². The highest BCUT2D eigenvalue weighted by atomic mass is 15.0. The first-order valence-corrected chi connectivity index (χ1v) is 6.29. The molecule has 4 nitrogen and oxygen atoms in total. The highest BCUT2D eigenvalue weighted by Gasteiger charge is 2.02. The minimum absolute atomic E-state index is 0.622. The van der Waals surface area contributed by atoms with Gasteiger partial charge in [0.2, 0.25) is 0 Å². The van der Waals surface area contributed by atoms with E-state index in [0.717, 1.165) is 22.3 Å². The average Bonchev–Trinajstić information content (AvgIpc) is 2.53. The summed E-state index contributed by atoms with van der Waals surface area (Å²) < 4.78 is 0. The Kier molecular flexibility index (Phi) is 3.25. The minimum Gasteiger partial charge on any atom is -0.365 e. The fraction of sp³-hybridized carbons (Fsp3) is 0.0625. The van der Waals surface area contributed by atoms with E-state index in [1.165, 1.54) is 0 Å². The predicted octanol–water partition coefficient (Wildman–Crippen LogP) is 3.11. The van der Waals surface area contributed by atoms with Gasteiger partial charge in [-0.1, -0.05) is 24.3 Å². The second-order valence-electron chi connectivity index (χ2n) is 4.41. The van der Waals surface area contributed by atoms with Gasteiger partial charge in [0, 0.05) is 11.9 Å². The van der Waals surface area contributed by atoms with Crippen LogP contribution in [0.2, 0.25) is 0 Å². The van der Waals surface area contributed by atoms with Gasteiger partial charge in [-0.15, -0.1) is 0 Å². The zero-order chi connectivity index (χ0) is 13.8. The number of nitrogens with zero attached hydrogens (tertiary/aromatic N) is 3. The summed E-state index contributed by atoms with van der Waals surface area (Å²) in [5.41, 5.74) is 2.62. The molecule has 1 heterocycles. The summed E-state index contributed by atoms with van der Waals surface area (Å²) >= 11 is 0. The van der Waals surface area contributed by atoms with Gasteiger partial charge in [-0.25, -0.2) is 9.97 Å². The van der Waals surface area contributed by atoms with Gasteiger partial charge in [-0.3, -0.25) is 0 Å². The van der Waals surface area contributed by atoms with Gasteiger partial charge in [0.05, 0.1) is 17.1 Å². The number of nitrogens with one attached hydrogen (secondary N) is 1. The summed E-state index contributed by atoms with van der Waals surface area (Å²) in [4.78, 5) is 8.51. The van der Waals surface area contributed by atoms with Crippen molar-refractivity contribution in [3.63, 3.8) is 0 Å². The third-order valence-corrected chi connectivity index (χ3v) is 3.06. The van der Waals surface area contributed by atoms with Gasteiger partial charge < -0.3 is 5.32 Å². The van der Waals surface area contributed by atoms with Crippen LogP contribution >= 0.6 is 0 Å². The molecular weight excluding hydrogens is 248 g/mol. The number of aromatic nitrogens is 2. The van der Waals surface area contributed by atoms with Crippen molar-refractivity contribution in [2.75, 3.05) is 5.32 Å². The molecule has 0 radical (unpaired) electrons. The molecule has 0 bridgehead atoms. The van der Waals surface area contributed by atoms with Crippen LogP contribution < -0.4 is 5.32 Å². The second kappa shape index (κ2) is 5.37. The predicted molar refractivity (Wildman–Crippen MR) is 78.0 cm³/mol. The molecule has 1 aromatic heterocycles. The van der Waals surface area contributed by atoms with Crippen LogP contribution in [0.4, 0.5) is 5.82 Å². The molecular formula is C16H12N4. The number of nitriles is 1. The molecule has 0 aliphatic rings. The molecule has 0 aliphatic carbocycles. The number of para-hydroxylation sites is 1. The normalized spacial score (nSPS) is 10.2. The van der Waals surface area contributed by atoms with Crippen molar-refractivity contribution in [1.29, 1.82) is 5.26 Å². The quantitative estimate of drug-likeness (QED) is 0.786. The largest absolute Gasteiger partial charge is 0.365 e. The number of fused-ring (bicyclic) bond motifs is 1. The van der Waals surface area contributed by atoms with Crippen LogP contribution in [0, 0.1) is 11.3 Å². The summed E-state index contributed by atoms with van der Waals surface area (Å²) in [6.07, 6.45) is 1.55. The first kappa shape index (κ1) is 12.1. The van der Waals surface area contributed by atoms with Crippen molar-refractivity contribution < 1.29 is 0 Å². The number of anilines is 1. The molecule has 0 unspecified atom stereocenters. The lowest BCUT2D eigenvalue weighted by Gasteiger charge is -2.08. The molecule has 0 saturated heterocycles. The van der Waals surface area contributed by atoms with Crippen LogP contribution in [0.3, 0.4) is 0 Å². The van der Waals surface area contributed by atoms with Gasteiger partial charge >= 0.3 is 0 Å². The SMILES string of the molecule is N#Cc1cccc(CNc2ncnc3ccccc23)c1. The molecule has 0 fully saturated rings. The summed E-state index contributed by atoms with van der Waals surface area (Å²) in [6.45, 7) is 0.622. The summed E-state index contributed by atoms with van der Waals surface area (Å²) in [5.74, 6) is 0.804. The van der Waals surface area contributed by atoms with Gasteiger partial charge in [0.15, 0.2) is 0 Å². The summed E-state index contributed by atoms with van der Waals surface area (Å²) in [7, 11) is 0. The van der Waals surface area contributed by atoms with Crippen molar-refractivity contribution in [1.82, 2.24) is 9.97 Å². The van der Waals surface area contributed by atoms with E-state index in [2.05, 4.69) is 21.4 Å². The topological polar surface area (TPSA) is 61.6 Å². The van der Waals surface area contributed by atoms with Gasteiger partial charge in [-0.05, 0) is 29.8 Å². The van der Waals surface area contributed by atoms with E-state index >= 15 is 0 Å². The van der Waals surface area contributed by atoms with Crippen LogP contribution in [0.1, 0.15) is 11.1 Å². The Morgan fingerprint density at radius 1 is 1.05 bits per heavy atom. The lowest BCUT2D eigenvalue weighted by molar-refractivity contribution is 1.10. The van der Waals surface area contributed by atoms with E-state index in [9.17, 15) is 0 Å². The van der Waals surface area contributed by atoms with Crippen LogP contribution in [0.15, 0.2) is 54.9 Å². The molecule has 3 rings (SSSR count). The van der Waals surface area contributed by atoms with Crippen molar-refractivity contribution in [2.24, 2.45) is 0 Å². The molecule has 0 saturated carbocycles. The summed E-state index contributed by atoms with van der Waals surface area (Å²) in [6, 6.07) is 17.5. The Labute approximate surface area is 116 Å². The van der Waals surface area contributed by atoms with Crippen LogP contribution in [0.25, 0.3) is 10.9 Å². The standard InChI is InChI=1S/C16H12N4/c17-9-12-4-3-5-13(8-12)10-18-16-14-6-1-2-7-15(14)19-11-20-16/h1-8,11H,10H2,(H,18,19,20). The molecule has 3 aromatic rings. The molecule has 2 aromatic carbocycles.